The van der Waals surface area contributed by atoms with Gasteiger partial charge in [-0.15, -0.1) is 0 Å². The highest BCUT2D eigenvalue weighted by Gasteiger charge is 2.27. The molecule has 3 heterocycles. The van der Waals surface area contributed by atoms with Gasteiger partial charge in [0.2, 0.25) is 0 Å². The summed E-state index contributed by atoms with van der Waals surface area (Å²) in [4.78, 5) is 20.1. The maximum Gasteiger partial charge on any atom is 0.135 e. The van der Waals surface area contributed by atoms with Crippen LogP contribution in [0.5, 0.6) is 0 Å². The van der Waals surface area contributed by atoms with Crippen LogP contribution in [-0.2, 0) is 17.3 Å². The van der Waals surface area contributed by atoms with E-state index in [4.69, 9.17) is 19.9 Å². The zero-order chi connectivity index (χ0) is 27.9. The van der Waals surface area contributed by atoms with Gasteiger partial charge in [-0.25, -0.2) is 15.0 Å². The molecule has 6 rings (SSSR count). The van der Waals surface area contributed by atoms with Crippen molar-refractivity contribution in [1.29, 1.82) is 0 Å². The molecule has 0 N–H and O–H groups in total. The van der Waals surface area contributed by atoms with Crippen LogP contribution < -0.4 is 0 Å². The first kappa shape index (κ1) is 25.8. The summed E-state index contributed by atoms with van der Waals surface area (Å²) in [5, 5.41) is 2.24. The third kappa shape index (κ3) is 4.98. The second-order valence-electron chi connectivity index (χ2n) is 12.2. The largest absolute Gasteiger partial charge is 0.254 e. The van der Waals surface area contributed by atoms with Gasteiger partial charge >= 0.3 is 0 Å². The molecule has 0 aliphatic rings. The van der Waals surface area contributed by atoms with Gasteiger partial charge < -0.3 is 0 Å². The molecular weight excluding hydrogens is 488 g/mol. The molecule has 0 aliphatic heterocycles. The summed E-state index contributed by atoms with van der Waals surface area (Å²) in [6, 6.07) is 33.6. The molecule has 0 unspecified atom stereocenters. The number of aromatic nitrogens is 4. The molecule has 0 saturated heterocycles. The second kappa shape index (κ2) is 9.95. The van der Waals surface area contributed by atoms with Crippen LogP contribution in [0.3, 0.4) is 0 Å². The number of hydrogen-bond donors (Lipinski definition) is 0. The standard InChI is InChI=1S/C36H34N4/c1-35(2,3)31-19-17-26-16-18-28-27(20-21-37-33(28)32(26)40-31)23-36(4,5)34-38-29(24-12-8-6-9-13-24)22-30(39-34)25-14-10-7-11-15-25/h6-22H,23H2,1-5H3. The monoisotopic (exact) mass is 522 g/mol. The van der Waals surface area contributed by atoms with Gasteiger partial charge in [-0.3, -0.25) is 4.98 Å². The van der Waals surface area contributed by atoms with Gasteiger partial charge in [-0.2, -0.15) is 0 Å². The van der Waals surface area contributed by atoms with E-state index >= 15 is 0 Å². The van der Waals surface area contributed by atoms with E-state index in [1.54, 1.807) is 0 Å². The Labute approximate surface area is 236 Å². The fraction of sp³-hybridized carbons (Fsp3) is 0.222. The number of rotatable bonds is 5. The Morgan fingerprint density at radius 3 is 1.80 bits per heavy atom. The van der Waals surface area contributed by atoms with Crippen LogP contribution in [0, 0.1) is 0 Å². The molecule has 0 saturated carbocycles. The lowest BCUT2D eigenvalue weighted by atomic mass is 9.83. The molecule has 4 nitrogen and oxygen atoms in total. The summed E-state index contributed by atoms with van der Waals surface area (Å²) in [7, 11) is 0. The number of fused-ring (bicyclic) bond motifs is 3. The highest BCUT2D eigenvalue weighted by molar-refractivity contribution is 6.03. The fourth-order valence-electron chi connectivity index (χ4n) is 5.25. The van der Waals surface area contributed by atoms with Gasteiger partial charge in [0, 0.05) is 44.6 Å². The van der Waals surface area contributed by atoms with Gasteiger partial charge in [0.1, 0.15) is 5.82 Å². The molecular formula is C36H34N4. The van der Waals surface area contributed by atoms with Crippen molar-refractivity contribution in [2.75, 3.05) is 0 Å². The molecule has 3 aromatic heterocycles. The molecule has 0 aliphatic carbocycles. The van der Waals surface area contributed by atoms with Crippen LogP contribution in [-0.4, -0.2) is 19.9 Å². The molecule has 0 fully saturated rings. The third-order valence-electron chi connectivity index (χ3n) is 7.53. The van der Waals surface area contributed by atoms with E-state index in [9.17, 15) is 0 Å². The van der Waals surface area contributed by atoms with Crippen molar-refractivity contribution >= 4 is 21.8 Å². The highest BCUT2D eigenvalue weighted by atomic mass is 14.9. The molecule has 4 heteroatoms. The van der Waals surface area contributed by atoms with E-state index in [0.717, 1.165) is 62.3 Å². The minimum absolute atomic E-state index is 0.0342. The first-order valence-corrected chi connectivity index (χ1v) is 13.9. The average molecular weight is 523 g/mol. The van der Waals surface area contributed by atoms with Crippen LogP contribution >= 0.6 is 0 Å². The maximum absolute atomic E-state index is 5.13. The Morgan fingerprint density at radius 2 is 1.20 bits per heavy atom. The summed E-state index contributed by atoms with van der Waals surface area (Å²) in [6.07, 6.45) is 2.68. The van der Waals surface area contributed by atoms with Crippen molar-refractivity contribution in [2.24, 2.45) is 0 Å². The first-order valence-electron chi connectivity index (χ1n) is 13.9. The quantitative estimate of drug-likeness (QED) is 0.212. The van der Waals surface area contributed by atoms with Crippen molar-refractivity contribution in [3.05, 3.63) is 120 Å². The van der Waals surface area contributed by atoms with E-state index < -0.39 is 0 Å². The SMILES string of the molecule is CC(C)(C)c1ccc2ccc3c(CC(C)(C)c4nc(-c5ccccc5)cc(-c5ccccc5)n4)ccnc3c2n1. The van der Waals surface area contributed by atoms with Gasteiger partial charge in [0.25, 0.3) is 0 Å². The summed E-state index contributed by atoms with van der Waals surface area (Å²) in [5.41, 5.74) is 7.85. The van der Waals surface area contributed by atoms with Gasteiger partial charge in [0.15, 0.2) is 0 Å². The van der Waals surface area contributed by atoms with Crippen molar-refractivity contribution in [1.82, 2.24) is 19.9 Å². The Bertz CT molecular complexity index is 1760. The smallest absolute Gasteiger partial charge is 0.135 e. The molecule has 0 atom stereocenters. The van der Waals surface area contributed by atoms with Crippen molar-refractivity contribution in [2.45, 2.75) is 51.9 Å². The van der Waals surface area contributed by atoms with E-state index in [1.165, 1.54) is 5.56 Å². The fourth-order valence-corrected chi connectivity index (χ4v) is 5.25. The molecule has 6 aromatic rings. The Morgan fingerprint density at radius 1 is 0.600 bits per heavy atom. The number of pyridine rings is 2. The Balaban J connectivity index is 1.46. The topological polar surface area (TPSA) is 51.6 Å². The second-order valence-corrected chi connectivity index (χ2v) is 12.2. The lowest BCUT2D eigenvalue weighted by Crippen LogP contribution is -2.24. The van der Waals surface area contributed by atoms with Gasteiger partial charge in [-0.05, 0) is 30.2 Å². The molecule has 0 spiro atoms. The Hall–Kier alpha value is -4.44. The summed E-state index contributed by atoms with van der Waals surface area (Å²) >= 11 is 0. The normalized spacial score (nSPS) is 12.2. The number of benzene rings is 3. The summed E-state index contributed by atoms with van der Waals surface area (Å²) < 4.78 is 0. The van der Waals surface area contributed by atoms with Crippen LogP contribution in [0.4, 0.5) is 0 Å². The van der Waals surface area contributed by atoms with Gasteiger partial charge in [0.05, 0.1) is 22.4 Å². The van der Waals surface area contributed by atoms with E-state index in [1.807, 2.05) is 18.3 Å². The highest BCUT2D eigenvalue weighted by Crippen LogP contribution is 2.34. The molecule has 40 heavy (non-hydrogen) atoms. The first-order chi connectivity index (χ1) is 19.2. The summed E-state index contributed by atoms with van der Waals surface area (Å²) in [6.45, 7) is 11.0. The van der Waals surface area contributed by atoms with Crippen LogP contribution in [0.1, 0.15) is 51.7 Å². The van der Waals surface area contributed by atoms with Crippen LogP contribution in [0.2, 0.25) is 0 Å². The number of hydrogen-bond acceptors (Lipinski definition) is 4. The van der Waals surface area contributed by atoms with Crippen LogP contribution in [0.25, 0.3) is 44.3 Å². The lowest BCUT2D eigenvalue weighted by Gasteiger charge is -2.25. The van der Waals surface area contributed by atoms with E-state index in [-0.39, 0.29) is 10.8 Å². The van der Waals surface area contributed by atoms with Crippen molar-refractivity contribution in [3.8, 4) is 22.5 Å². The molecule has 3 aromatic carbocycles. The average Bonchev–Trinajstić information content (AvgIpc) is 2.97. The molecule has 0 bridgehead atoms. The minimum Gasteiger partial charge on any atom is -0.254 e. The minimum atomic E-state index is -0.335. The van der Waals surface area contributed by atoms with E-state index in [0.29, 0.717) is 0 Å². The zero-order valence-corrected chi connectivity index (χ0v) is 23.8. The van der Waals surface area contributed by atoms with E-state index in [2.05, 4.69) is 120 Å². The predicted octanol–water partition coefficient (Wildman–Crippen LogP) is 8.72. The lowest BCUT2D eigenvalue weighted by molar-refractivity contribution is 0.489. The number of nitrogens with zero attached hydrogens (tertiary/aromatic N) is 4. The molecule has 0 amide bonds. The van der Waals surface area contributed by atoms with Crippen molar-refractivity contribution in [3.63, 3.8) is 0 Å². The van der Waals surface area contributed by atoms with Gasteiger partial charge in [-0.1, -0.05) is 113 Å². The third-order valence-corrected chi connectivity index (χ3v) is 7.53. The van der Waals surface area contributed by atoms with Crippen molar-refractivity contribution < 1.29 is 0 Å². The molecule has 0 radical (unpaired) electrons. The molecule has 198 valence electrons. The van der Waals surface area contributed by atoms with Crippen LogP contribution in [0.15, 0.2) is 103 Å². The maximum atomic E-state index is 5.13. The predicted molar refractivity (Wildman–Crippen MR) is 165 cm³/mol. The zero-order valence-electron chi connectivity index (χ0n) is 23.8. The Kier molecular flexibility index (Phi) is 6.42. The summed E-state index contributed by atoms with van der Waals surface area (Å²) in [5.74, 6) is 0.826.